The number of hydrogen-bond acceptors (Lipinski definition) is 11. The smallest absolute Gasteiger partial charge is 0.907 e. The fourth-order valence-electron chi connectivity index (χ4n) is 0.408. The van der Waals surface area contributed by atoms with Crippen LogP contribution in [0.2, 0.25) is 0 Å². The standard InChI is InChI=1S/2C4H6O4.BO3.7Li/c2*5-3(6)1-2-4(7)8;2-1(3)4;;;;;;;/h2*1-2H2,(H,5,6)(H,7,8);;;;;;;;/q;;-3;7*+1/p-4. The molecule has 0 aromatic rings. The van der Waals surface area contributed by atoms with Crippen LogP contribution in [0.4, 0.5) is 0 Å². The van der Waals surface area contributed by atoms with Gasteiger partial charge in [0.25, 0.3) is 0 Å². The van der Waals surface area contributed by atoms with Gasteiger partial charge in [-0.15, -0.1) is 0 Å². The zero-order valence-corrected chi connectivity index (χ0v) is 16.9. The number of carboxylic acid groups (broad SMARTS) is 4. The minimum absolute atomic E-state index is 0. The van der Waals surface area contributed by atoms with E-state index in [1.54, 1.807) is 0 Å². The van der Waals surface area contributed by atoms with Crippen molar-refractivity contribution in [1.82, 2.24) is 0 Å². The van der Waals surface area contributed by atoms with Crippen LogP contribution in [0, 0.1) is 0 Å². The molecule has 0 heterocycles. The Labute approximate surface area is 241 Å². The molecule has 0 aliphatic rings. The molecule has 0 aromatic heterocycles. The summed E-state index contributed by atoms with van der Waals surface area (Å²) in [5, 5.41) is 63.3. The molecule has 0 rings (SSSR count). The van der Waals surface area contributed by atoms with Crippen molar-refractivity contribution in [3.05, 3.63) is 0 Å². The molecule has 0 atom stereocenters. The largest absolute Gasteiger partial charge is 1.00 e. The average molecular weight is 340 g/mol. The first-order valence-corrected chi connectivity index (χ1v) is 4.75. The Balaban J connectivity index is -0.0000000184. The molecule has 0 saturated carbocycles. The van der Waals surface area contributed by atoms with Crippen LogP contribution < -0.4 is 168 Å². The molecule has 0 fully saturated rings. The van der Waals surface area contributed by atoms with Gasteiger partial charge < -0.3 is 54.7 Å². The van der Waals surface area contributed by atoms with Crippen molar-refractivity contribution in [1.29, 1.82) is 0 Å². The third-order valence-corrected chi connectivity index (χ3v) is 1.07. The topological polar surface area (TPSA) is 230 Å². The maximum Gasteiger partial charge on any atom is 1.00 e. The third kappa shape index (κ3) is 131. The summed E-state index contributed by atoms with van der Waals surface area (Å²) in [6, 6.07) is 0. The van der Waals surface area contributed by atoms with E-state index in [2.05, 4.69) is 0 Å². The van der Waals surface area contributed by atoms with E-state index in [0.717, 1.165) is 0 Å². The SMILES string of the molecule is O=C([O-])CCC(=O)[O-].O=C([O-])CCC(=O)[O-].[Li+].[Li+].[Li+].[Li+].[Li+].[Li+].[Li+].[O-]B([O-])[O-]. The van der Waals surface area contributed by atoms with Gasteiger partial charge in [0, 0.05) is 23.9 Å². The summed E-state index contributed by atoms with van der Waals surface area (Å²) in [7, 11) is -2.92. The molecule has 11 nitrogen and oxygen atoms in total. The Morgan fingerprint density at radius 1 is 0.444 bits per heavy atom. The maximum absolute atomic E-state index is 9.50. The Morgan fingerprint density at radius 2 is 0.519 bits per heavy atom. The summed E-state index contributed by atoms with van der Waals surface area (Å²) in [6.45, 7) is 0. The molecule has 0 aliphatic heterocycles. The van der Waals surface area contributed by atoms with Gasteiger partial charge in [-0.25, -0.2) is 0 Å². The molecular weight excluding hydrogens is 331 g/mol. The molecule has 27 heavy (non-hydrogen) atoms. The van der Waals surface area contributed by atoms with Gasteiger partial charge in [-0.1, -0.05) is 0 Å². The predicted octanol–water partition coefficient (Wildman–Crippen LogP) is -30.4. The van der Waals surface area contributed by atoms with Crippen LogP contribution in [0.1, 0.15) is 25.7 Å². The van der Waals surface area contributed by atoms with Gasteiger partial charge >= 0.3 is 132 Å². The van der Waals surface area contributed by atoms with E-state index in [9.17, 15) is 39.6 Å². The number of rotatable bonds is 6. The van der Waals surface area contributed by atoms with Crippen molar-refractivity contribution in [2.24, 2.45) is 0 Å². The zero-order chi connectivity index (χ0) is 16.7. The second kappa shape index (κ2) is 46.3. The summed E-state index contributed by atoms with van der Waals surface area (Å²) in [6.07, 6.45) is -1.88. The molecule has 0 saturated heterocycles. The summed E-state index contributed by atoms with van der Waals surface area (Å²) in [5.41, 5.74) is 0. The van der Waals surface area contributed by atoms with Crippen LogP contribution in [0.5, 0.6) is 0 Å². The Morgan fingerprint density at radius 3 is 0.556 bits per heavy atom. The second-order valence-electron chi connectivity index (χ2n) is 2.78. The summed E-state index contributed by atoms with van der Waals surface area (Å²) < 4.78 is 0. The number of aliphatic carboxylic acids is 4. The van der Waals surface area contributed by atoms with Crippen LogP contribution in [0.25, 0.3) is 0 Å². The van der Waals surface area contributed by atoms with Crippen LogP contribution in [0.15, 0.2) is 0 Å². The molecule has 0 N–H and O–H groups in total. The van der Waals surface area contributed by atoms with Crippen LogP contribution in [-0.4, -0.2) is 31.2 Å². The van der Waals surface area contributed by atoms with Crippen molar-refractivity contribution in [3.8, 4) is 0 Å². The van der Waals surface area contributed by atoms with Crippen molar-refractivity contribution in [2.75, 3.05) is 0 Å². The summed E-state index contributed by atoms with van der Waals surface area (Å²) in [5.74, 6) is -5.47. The molecule has 0 bridgehead atoms. The normalized spacial score (nSPS) is 6.04. The van der Waals surface area contributed by atoms with E-state index in [4.69, 9.17) is 15.1 Å². The van der Waals surface area contributed by atoms with Crippen molar-refractivity contribution in [2.45, 2.75) is 25.7 Å². The van der Waals surface area contributed by atoms with Gasteiger partial charge in [0.05, 0.1) is 0 Å². The van der Waals surface area contributed by atoms with E-state index < -0.39 is 56.9 Å². The molecule has 116 valence electrons. The Bertz CT molecular complexity index is 277. The first-order chi connectivity index (χ1) is 8.98. The molecular formula is C8H8BLi7O11. The Hall–Kier alpha value is 2.01. The molecule has 0 aliphatic carbocycles. The number of carbonyl (C=O) groups is 4. The van der Waals surface area contributed by atoms with Gasteiger partial charge in [0.15, 0.2) is 0 Å². The van der Waals surface area contributed by atoms with E-state index in [0.29, 0.717) is 0 Å². The van der Waals surface area contributed by atoms with Gasteiger partial charge in [-0.05, 0) is 25.7 Å². The monoisotopic (exact) mass is 340 g/mol. The Kier molecular flexibility index (Phi) is 108. The average Bonchev–Trinajstić information content (AvgIpc) is 2.23. The third-order valence-electron chi connectivity index (χ3n) is 1.07. The van der Waals surface area contributed by atoms with Crippen LogP contribution >= 0.6 is 0 Å². The second-order valence-corrected chi connectivity index (χ2v) is 2.78. The van der Waals surface area contributed by atoms with E-state index in [-0.39, 0.29) is 132 Å². The molecule has 0 radical (unpaired) electrons. The van der Waals surface area contributed by atoms with E-state index in [1.165, 1.54) is 0 Å². The first kappa shape index (κ1) is 63.0. The molecule has 0 amide bonds. The van der Waals surface area contributed by atoms with Crippen molar-refractivity contribution < 1.29 is 187 Å². The quantitative estimate of drug-likeness (QED) is 0.412. The van der Waals surface area contributed by atoms with E-state index >= 15 is 0 Å². The minimum atomic E-state index is -2.92. The zero-order valence-electron chi connectivity index (χ0n) is 16.9. The van der Waals surface area contributed by atoms with Gasteiger partial charge in [-0.2, -0.15) is 0 Å². The number of hydrogen-bond donors (Lipinski definition) is 0. The first-order valence-electron chi connectivity index (χ1n) is 4.75. The number of carboxylic acids is 4. The van der Waals surface area contributed by atoms with Crippen LogP contribution in [0.3, 0.4) is 0 Å². The molecule has 19 heteroatoms. The van der Waals surface area contributed by atoms with Crippen LogP contribution in [-0.2, 0) is 19.2 Å². The fraction of sp³-hybridized carbons (Fsp3) is 0.500. The minimum Gasteiger partial charge on any atom is -0.907 e. The molecule has 0 spiro atoms. The fourth-order valence-corrected chi connectivity index (χ4v) is 0.408. The predicted molar refractivity (Wildman–Crippen MR) is 44.3 cm³/mol. The van der Waals surface area contributed by atoms with Crippen molar-refractivity contribution in [3.63, 3.8) is 0 Å². The van der Waals surface area contributed by atoms with Gasteiger partial charge in [0.2, 0.25) is 0 Å². The van der Waals surface area contributed by atoms with Gasteiger partial charge in [-0.3, -0.25) is 7.32 Å². The van der Waals surface area contributed by atoms with Crippen molar-refractivity contribution >= 4 is 31.2 Å². The van der Waals surface area contributed by atoms with E-state index in [1.807, 2.05) is 0 Å². The number of carbonyl (C=O) groups excluding carboxylic acids is 4. The molecule has 0 unspecified atom stereocenters. The summed E-state index contributed by atoms with van der Waals surface area (Å²) in [4.78, 5) is 38.0. The maximum atomic E-state index is 9.50. The molecule has 0 aromatic carbocycles. The van der Waals surface area contributed by atoms with Gasteiger partial charge in [0.1, 0.15) is 0 Å². The summed E-state index contributed by atoms with van der Waals surface area (Å²) >= 11 is 0.